The number of nitrogens with one attached hydrogen (secondary N) is 2. The molecule has 0 aromatic rings. The van der Waals surface area contributed by atoms with Gasteiger partial charge in [-0.15, -0.1) is 0 Å². The molecule has 0 aromatic heterocycles. The maximum atomic E-state index is 12.8. The van der Waals surface area contributed by atoms with Crippen molar-refractivity contribution in [3.8, 4) is 0 Å². The summed E-state index contributed by atoms with van der Waals surface area (Å²) in [4.78, 5) is 12.8. The van der Waals surface area contributed by atoms with Gasteiger partial charge in [-0.05, 0) is 116 Å². The lowest BCUT2D eigenvalue weighted by molar-refractivity contribution is -0.0139. The van der Waals surface area contributed by atoms with E-state index in [4.69, 9.17) is 4.74 Å². The van der Waals surface area contributed by atoms with Gasteiger partial charge in [-0.25, -0.2) is 4.79 Å². The smallest absolute Gasteiger partial charge is 0.315 e. The average molecular weight is 429 g/mol. The summed E-state index contributed by atoms with van der Waals surface area (Å²) in [6.07, 6.45) is 19.2. The lowest BCUT2D eigenvalue weighted by Gasteiger charge is -2.56. The van der Waals surface area contributed by atoms with E-state index >= 15 is 0 Å². The molecule has 0 aromatic carbocycles. The Labute approximate surface area is 189 Å². The molecule has 5 saturated carbocycles. The van der Waals surface area contributed by atoms with E-state index in [0.29, 0.717) is 12.1 Å². The molecule has 31 heavy (non-hydrogen) atoms. The Hall–Kier alpha value is -1.29. The van der Waals surface area contributed by atoms with E-state index in [1.54, 1.807) is 0 Å². The van der Waals surface area contributed by atoms with Crippen molar-refractivity contribution in [1.82, 2.24) is 10.6 Å². The van der Waals surface area contributed by atoms with Crippen LogP contribution in [-0.4, -0.2) is 30.3 Å². The van der Waals surface area contributed by atoms with Crippen LogP contribution < -0.4 is 10.6 Å². The lowest BCUT2D eigenvalue weighted by atomic mass is 9.53. The molecule has 0 atom stereocenters. The maximum Gasteiger partial charge on any atom is 0.315 e. The summed E-state index contributed by atoms with van der Waals surface area (Å²) in [6, 6.07) is 0.386. The largest absolute Gasteiger partial charge is 0.374 e. The molecule has 4 nitrogen and oxygen atoms in total. The molecule has 4 heteroatoms. The Kier molecular flexibility index (Phi) is 7.46. The van der Waals surface area contributed by atoms with E-state index in [9.17, 15) is 4.79 Å². The Morgan fingerprint density at radius 3 is 2.13 bits per heavy atom. The van der Waals surface area contributed by atoms with Crippen molar-refractivity contribution in [3.05, 3.63) is 23.3 Å². The summed E-state index contributed by atoms with van der Waals surface area (Å²) in [7, 11) is 0. The lowest BCUT2D eigenvalue weighted by Crippen LogP contribution is -2.62. The minimum absolute atomic E-state index is 0.0845. The summed E-state index contributed by atoms with van der Waals surface area (Å²) < 4.78 is 6.11. The van der Waals surface area contributed by atoms with Gasteiger partial charge in [-0.2, -0.15) is 0 Å². The van der Waals surface area contributed by atoms with Gasteiger partial charge in [0.25, 0.3) is 0 Å². The van der Waals surface area contributed by atoms with Gasteiger partial charge < -0.3 is 15.4 Å². The number of hydrogen-bond donors (Lipinski definition) is 2. The fourth-order valence-corrected chi connectivity index (χ4v) is 7.12. The highest BCUT2D eigenvalue weighted by Crippen LogP contribution is 2.55. The Balaban J connectivity index is 1.13. The molecule has 2 N–H and O–H groups in total. The molecule has 0 unspecified atom stereocenters. The number of ether oxygens (including phenoxy) is 1. The third-order valence-electron chi connectivity index (χ3n) is 8.28. The Morgan fingerprint density at radius 2 is 1.55 bits per heavy atom. The van der Waals surface area contributed by atoms with Crippen LogP contribution in [0.1, 0.15) is 97.8 Å². The van der Waals surface area contributed by atoms with Crippen molar-refractivity contribution in [2.45, 2.75) is 116 Å². The number of rotatable bonds is 8. The van der Waals surface area contributed by atoms with Crippen LogP contribution >= 0.6 is 0 Å². The summed E-state index contributed by atoms with van der Waals surface area (Å²) in [5.41, 5.74) is 2.91. The summed E-state index contributed by atoms with van der Waals surface area (Å²) in [6.45, 7) is 7.22. The van der Waals surface area contributed by atoms with Gasteiger partial charge in [-0.1, -0.05) is 23.3 Å². The quantitative estimate of drug-likeness (QED) is 0.447. The molecule has 0 spiro atoms. The van der Waals surface area contributed by atoms with Gasteiger partial charge in [0.2, 0.25) is 0 Å². The Bertz CT molecular complexity index is 648. The van der Waals surface area contributed by atoms with Crippen molar-refractivity contribution >= 4 is 6.03 Å². The molecular formula is C27H44N2O2. The second-order valence-corrected chi connectivity index (χ2v) is 11.5. The van der Waals surface area contributed by atoms with E-state index in [2.05, 4.69) is 43.6 Å². The molecule has 4 bridgehead atoms. The molecule has 5 aliphatic carbocycles. The van der Waals surface area contributed by atoms with Crippen LogP contribution in [0.25, 0.3) is 0 Å². The maximum absolute atomic E-state index is 12.8. The predicted octanol–water partition coefficient (Wildman–Crippen LogP) is 6.27. The number of amides is 2. The summed E-state index contributed by atoms with van der Waals surface area (Å²) in [5, 5.41) is 6.76. The van der Waals surface area contributed by atoms with Gasteiger partial charge in [-0.3, -0.25) is 0 Å². The van der Waals surface area contributed by atoms with Crippen molar-refractivity contribution in [2.75, 3.05) is 6.61 Å². The monoisotopic (exact) mass is 428 g/mol. The van der Waals surface area contributed by atoms with Crippen molar-refractivity contribution in [1.29, 1.82) is 0 Å². The zero-order chi connectivity index (χ0) is 21.8. The number of carbonyl (C=O) groups excluding carboxylic acids is 1. The van der Waals surface area contributed by atoms with Crippen molar-refractivity contribution < 1.29 is 9.53 Å². The molecule has 0 saturated heterocycles. The zero-order valence-corrected chi connectivity index (χ0v) is 20.1. The number of allylic oxidation sites excluding steroid dienone is 3. The minimum atomic E-state index is 0.0845. The van der Waals surface area contributed by atoms with Gasteiger partial charge in [0.15, 0.2) is 0 Å². The molecule has 0 heterocycles. The molecule has 0 radical (unpaired) electrons. The van der Waals surface area contributed by atoms with E-state index in [-0.39, 0.29) is 11.6 Å². The second-order valence-electron chi connectivity index (χ2n) is 11.5. The number of hydrogen-bond acceptors (Lipinski definition) is 2. The summed E-state index contributed by atoms with van der Waals surface area (Å²) in [5.74, 6) is 2.59. The summed E-state index contributed by atoms with van der Waals surface area (Å²) >= 11 is 0. The Morgan fingerprint density at radius 1 is 0.935 bits per heavy atom. The highest BCUT2D eigenvalue weighted by atomic mass is 16.5. The standard InChI is InChI=1S/C27H44N2O2/c1-19(2)5-4-6-20(3)11-12-31-25-9-7-24(8-10-25)28-26(30)29-27-16-21-13-22(17-27)15-23(14-21)18-27/h5,11,21-25H,4,6-10,12-18H2,1-3H3,(H2,28,29,30). The van der Waals surface area contributed by atoms with Crippen LogP contribution in [-0.2, 0) is 4.74 Å². The first-order valence-electron chi connectivity index (χ1n) is 12.9. The molecule has 5 aliphatic rings. The molecule has 2 amide bonds. The SMILES string of the molecule is CC(C)=CCCC(C)=CCOC1CCC(NC(=O)NC23CC4CC(CC(C4)C2)C3)CC1. The number of carbonyl (C=O) groups is 1. The van der Waals surface area contributed by atoms with Crippen LogP contribution in [0.5, 0.6) is 0 Å². The molecule has 5 fully saturated rings. The molecule has 5 rings (SSSR count). The van der Waals surface area contributed by atoms with Crippen LogP contribution in [0.3, 0.4) is 0 Å². The minimum Gasteiger partial charge on any atom is -0.374 e. The highest BCUT2D eigenvalue weighted by molar-refractivity contribution is 5.75. The first-order chi connectivity index (χ1) is 14.9. The molecule has 174 valence electrons. The topological polar surface area (TPSA) is 50.4 Å². The van der Waals surface area contributed by atoms with E-state index < -0.39 is 0 Å². The fourth-order valence-electron chi connectivity index (χ4n) is 7.12. The fraction of sp³-hybridized carbons (Fsp3) is 0.815. The first kappa shape index (κ1) is 22.9. The van der Waals surface area contributed by atoms with Crippen LogP contribution in [0.2, 0.25) is 0 Å². The van der Waals surface area contributed by atoms with Crippen LogP contribution in [0.15, 0.2) is 23.3 Å². The van der Waals surface area contributed by atoms with Gasteiger partial charge in [0, 0.05) is 11.6 Å². The van der Waals surface area contributed by atoms with Crippen LogP contribution in [0, 0.1) is 17.8 Å². The molecular weight excluding hydrogens is 384 g/mol. The van der Waals surface area contributed by atoms with Crippen LogP contribution in [0.4, 0.5) is 4.79 Å². The predicted molar refractivity (Wildman–Crippen MR) is 127 cm³/mol. The third kappa shape index (κ3) is 6.37. The van der Waals surface area contributed by atoms with E-state index in [1.807, 2.05) is 0 Å². The third-order valence-corrected chi connectivity index (χ3v) is 8.28. The van der Waals surface area contributed by atoms with Crippen molar-refractivity contribution in [3.63, 3.8) is 0 Å². The molecule has 0 aliphatic heterocycles. The van der Waals surface area contributed by atoms with Gasteiger partial charge in [0.1, 0.15) is 0 Å². The zero-order valence-electron chi connectivity index (χ0n) is 20.1. The second kappa shape index (κ2) is 10.1. The van der Waals surface area contributed by atoms with E-state index in [1.165, 1.54) is 49.7 Å². The van der Waals surface area contributed by atoms with Gasteiger partial charge >= 0.3 is 6.03 Å². The number of urea groups is 1. The van der Waals surface area contributed by atoms with Gasteiger partial charge in [0.05, 0.1) is 12.7 Å². The normalized spacial score (nSPS) is 36.9. The average Bonchev–Trinajstić information content (AvgIpc) is 2.67. The first-order valence-corrected chi connectivity index (χ1v) is 12.9. The highest BCUT2D eigenvalue weighted by Gasteiger charge is 2.51. The van der Waals surface area contributed by atoms with E-state index in [0.717, 1.165) is 62.9 Å². The van der Waals surface area contributed by atoms with Crippen molar-refractivity contribution in [2.24, 2.45) is 17.8 Å².